The summed E-state index contributed by atoms with van der Waals surface area (Å²) >= 11 is 0. The summed E-state index contributed by atoms with van der Waals surface area (Å²) in [7, 11) is 1.68. The predicted octanol–water partition coefficient (Wildman–Crippen LogP) is 1.59. The molecule has 7 heteroatoms. The van der Waals surface area contributed by atoms with Gasteiger partial charge in [-0.05, 0) is 24.5 Å². The van der Waals surface area contributed by atoms with Crippen molar-refractivity contribution in [1.82, 2.24) is 14.7 Å². The molecule has 7 nitrogen and oxygen atoms in total. The van der Waals surface area contributed by atoms with Crippen LogP contribution in [-0.4, -0.2) is 46.3 Å². The number of hydrogen-bond acceptors (Lipinski definition) is 5. The van der Waals surface area contributed by atoms with E-state index in [1.165, 1.54) is 22.0 Å². The van der Waals surface area contributed by atoms with Gasteiger partial charge in [0.05, 0.1) is 19.3 Å². The zero-order chi connectivity index (χ0) is 17.8. The SMILES string of the molecule is CCOC(=O)c1cnn(C)c1NC(=O)CN1CCc2ccccc2C1. The number of ether oxygens (including phenoxy) is 1. The van der Waals surface area contributed by atoms with Gasteiger partial charge in [-0.15, -0.1) is 0 Å². The molecule has 0 saturated carbocycles. The molecule has 1 aromatic carbocycles. The van der Waals surface area contributed by atoms with Gasteiger partial charge in [-0.2, -0.15) is 5.10 Å². The Hall–Kier alpha value is -2.67. The molecule has 2 heterocycles. The second-order valence-corrected chi connectivity index (χ2v) is 6.03. The van der Waals surface area contributed by atoms with Crippen LogP contribution in [-0.2, 0) is 29.5 Å². The number of esters is 1. The molecule has 0 saturated heterocycles. The lowest BCUT2D eigenvalue weighted by Gasteiger charge is -2.28. The van der Waals surface area contributed by atoms with Gasteiger partial charge in [-0.3, -0.25) is 14.4 Å². The van der Waals surface area contributed by atoms with E-state index in [0.29, 0.717) is 5.82 Å². The van der Waals surface area contributed by atoms with Crippen molar-refractivity contribution in [1.29, 1.82) is 0 Å². The van der Waals surface area contributed by atoms with Crippen molar-refractivity contribution in [3.63, 3.8) is 0 Å². The van der Waals surface area contributed by atoms with Crippen LogP contribution < -0.4 is 5.32 Å². The van der Waals surface area contributed by atoms with Crippen LogP contribution in [0.1, 0.15) is 28.4 Å². The average molecular weight is 342 g/mol. The van der Waals surface area contributed by atoms with Gasteiger partial charge >= 0.3 is 5.97 Å². The molecule has 25 heavy (non-hydrogen) atoms. The summed E-state index contributed by atoms with van der Waals surface area (Å²) in [4.78, 5) is 26.5. The van der Waals surface area contributed by atoms with E-state index in [0.717, 1.165) is 19.5 Å². The number of carbonyl (C=O) groups is 2. The van der Waals surface area contributed by atoms with Crippen molar-refractivity contribution in [3.05, 3.63) is 47.2 Å². The minimum atomic E-state index is -0.488. The molecule has 0 aliphatic carbocycles. The molecule has 0 bridgehead atoms. The molecule has 0 radical (unpaired) electrons. The first kappa shape index (κ1) is 17.2. The number of rotatable bonds is 5. The Bertz CT molecular complexity index is 784. The summed E-state index contributed by atoms with van der Waals surface area (Å²) in [6.07, 6.45) is 2.34. The van der Waals surface area contributed by atoms with Crippen LogP contribution >= 0.6 is 0 Å². The summed E-state index contributed by atoms with van der Waals surface area (Å²) in [6, 6.07) is 8.29. The van der Waals surface area contributed by atoms with Crippen LogP contribution in [0.5, 0.6) is 0 Å². The van der Waals surface area contributed by atoms with Gasteiger partial charge in [0.2, 0.25) is 5.91 Å². The van der Waals surface area contributed by atoms with Crippen molar-refractivity contribution >= 4 is 17.7 Å². The molecule has 0 atom stereocenters. The Morgan fingerprint density at radius 3 is 2.80 bits per heavy atom. The third-order valence-corrected chi connectivity index (χ3v) is 4.27. The largest absolute Gasteiger partial charge is 0.462 e. The van der Waals surface area contributed by atoms with E-state index in [1.54, 1.807) is 14.0 Å². The summed E-state index contributed by atoms with van der Waals surface area (Å²) in [6.45, 7) is 3.86. The number of nitrogens with zero attached hydrogens (tertiary/aromatic N) is 3. The zero-order valence-corrected chi connectivity index (χ0v) is 14.5. The van der Waals surface area contributed by atoms with E-state index in [9.17, 15) is 9.59 Å². The monoisotopic (exact) mass is 342 g/mol. The maximum atomic E-state index is 12.4. The quantitative estimate of drug-likeness (QED) is 0.835. The van der Waals surface area contributed by atoms with Crippen LogP contribution in [0.3, 0.4) is 0 Å². The first-order valence-electron chi connectivity index (χ1n) is 8.36. The number of carbonyl (C=O) groups excluding carboxylic acids is 2. The van der Waals surface area contributed by atoms with Crippen molar-refractivity contribution in [2.45, 2.75) is 19.9 Å². The van der Waals surface area contributed by atoms with Crippen molar-refractivity contribution in [3.8, 4) is 0 Å². The minimum absolute atomic E-state index is 0.173. The van der Waals surface area contributed by atoms with E-state index < -0.39 is 5.97 Å². The number of anilines is 1. The Kier molecular flexibility index (Phi) is 5.14. The highest BCUT2D eigenvalue weighted by molar-refractivity contribution is 6.00. The molecule has 1 aromatic heterocycles. The van der Waals surface area contributed by atoms with Crippen molar-refractivity contribution < 1.29 is 14.3 Å². The van der Waals surface area contributed by atoms with Crippen LogP contribution in [0.2, 0.25) is 0 Å². The molecule has 0 spiro atoms. The minimum Gasteiger partial charge on any atom is -0.462 e. The standard InChI is InChI=1S/C18H22N4O3/c1-3-25-18(24)15-10-19-21(2)17(15)20-16(23)12-22-9-8-13-6-4-5-7-14(13)11-22/h4-7,10H,3,8-9,11-12H2,1-2H3,(H,20,23). The molecule has 0 unspecified atom stereocenters. The first-order chi connectivity index (χ1) is 12.1. The third kappa shape index (κ3) is 3.88. The maximum Gasteiger partial charge on any atom is 0.343 e. The predicted molar refractivity (Wildman–Crippen MR) is 93.2 cm³/mol. The van der Waals surface area contributed by atoms with E-state index in [2.05, 4.69) is 27.4 Å². The lowest BCUT2D eigenvalue weighted by molar-refractivity contribution is -0.117. The molecule has 3 rings (SSSR count). The van der Waals surface area contributed by atoms with Gasteiger partial charge in [-0.25, -0.2) is 4.79 Å². The third-order valence-electron chi connectivity index (χ3n) is 4.27. The number of aryl methyl sites for hydroxylation is 1. The lowest BCUT2D eigenvalue weighted by atomic mass is 10.00. The molecular weight excluding hydrogens is 320 g/mol. The second kappa shape index (κ2) is 7.48. The van der Waals surface area contributed by atoms with Crippen LogP contribution in [0.4, 0.5) is 5.82 Å². The fourth-order valence-electron chi connectivity index (χ4n) is 3.01. The van der Waals surface area contributed by atoms with E-state index in [1.807, 2.05) is 12.1 Å². The number of hydrogen-bond donors (Lipinski definition) is 1. The molecular formula is C18H22N4O3. The topological polar surface area (TPSA) is 76.5 Å². The summed E-state index contributed by atoms with van der Waals surface area (Å²) in [5.41, 5.74) is 2.87. The van der Waals surface area contributed by atoms with Crippen molar-refractivity contribution in [2.24, 2.45) is 7.05 Å². The molecule has 1 amide bonds. The van der Waals surface area contributed by atoms with E-state index in [4.69, 9.17) is 4.74 Å². The summed E-state index contributed by atoms with van der Waals surface area (Å²) in [5.74, 6) is -0.299. The fraction of sp³-hybridized carbons (Fsp3) is 0.389. The summed E-state index contributed by atoms with van der Waals surface area (Å²) < 4.78 is 6.47. The number of benzene rings is 1. The molecule has 0 fully saturated rings. The Labute approximate surface area is 146 Å². The highest BCUT2D eigenvalue weighted by atomic mass is 16.5. The Morgan fingerprint density at radius 2 is 2.04 bits per heavy atom. The average Bonchev–Trinajstić information content (AvgIpc) is 2.96. The Balaban J connectivity index is 1.64. The van der Waals surface area contributed by atoms with Crippen molar-refractivity contribution in [2.75, 3.05) is 25.0 Å². The first-order valence-corrected chi connectivity index (χ1v) is 8.36. The van der Waals surface area contributed by atoms with Gasteiger partial charge in [-0.1, -0.05) is 24.3 Å². The Morgan fingerprint density at radius 1 is 1.28 bits per heavy atom. The van der Waals surface area contributed by atoms with E-state index >= 15 is 0 Å². The van der Waals surface area contributed by atoms with Gasteiger partial charge in [0.1, 0.15) is 11.4 Å². The molecule has 1 aliphatic rings. The van der Waals surface area contributed by atoms with Gasteiger partial charge in [0.15, 0.2) is 0 Å². The van der Waals surface area contributed by atoms with Crippen LogP contribution in [0.15, 0.2) is 30.5 Å². The highest BCUT2D eigenvalue weighted by Crippen LogP contribution is 2.19. The number of aromatic nitrogens is 2. The van der Waals surface area contributed by atoms with Gasteiger partial charge < -0.3 is 10.1 Å². The van der Waals surface area contributed by atoms with Gasteiger partial charge in [0.25, 0.3) is 0 Å². The van der Waals surface area contributed by atoms with E-state index in [-0.39, 0.29) is 24.6 Å². The summed E-state index contributed by atoms with van der Waals surface area (Å²) in [5, 5.41) is 6.83. The molecule has 132 valence electrons. The number of nitrogens with one attached hydrogen (secondary N) is 1. The number of amides is 1. The zero-order valence-electron chi connectivity index (χ0n) is 14.5. The van der Waals surface area contributed by atoms with Crippen LogP contribution in [0.25, 0.3) is 0 Å². The molecule has 2 aromatic rings. The lowest BCUT2D eigenvalue weighted by Crippen LogP contribution is -2.37. The highest BCUT2D eigenvalue weighted by Gasteiger charge is 2.22. The van der Waals surface area contributed by atoms with Gasteiger partial charge in [0, 0.05) is 20.1 Å². The number of fused-ring (bicyclic) bond motifs is 1. The maximum absolute atomic E-state index is 12.4. The fourth-order valence-corrected chi connectivity index (χ4v) is 3.01. The second-order valence-electron chi connectivity index (χ2n) is 6.03. The smallest absolute Gasteiger partial charge is 0.343 e. The molecule has 1 N–H and O–H groups in total. The van der Waals surface area contributed by atoms with Crippen LogP contribution in [0, 0.1) is 0 Å². The normalized spacial score (nSPS) is 14.0. The molecule has 1 aliphatic heterocycles.